The van der Waals surface area contributed by atoms with Crippen molar-refractivity contribution in [2.45, 2.75) is 25.6 Å². The lowest BCUT2D eigenvalue weighted by Gasteiger charge is -2.18. The Balaban J connectivity index is 1.69. The van der Waals surface area contributed by atoms with Crippen molar-refractivity contribution in [1.29, 1.82) is 0 Å². The maximum absolute atomic E-state index is 11.8. The molecule has 1 unspecified atom stereocenters. The SMILES string of the molecule is CS(C)(=O)=Nc1cccc(NCc2ccccc2CN2CCC(O)C2)n1. The van der Waals surface area contributed by atoms with E-state index in [4.69, 9.17) is 0 Å². The summed E-state index contributed by atoms with van der Waals surface area (Å²) >= 11 is 0. The summed E-state index contributed by atoms with van der Waals surface area (Å²) in [6, 6.07) is 13.8. The number of benzene rings is 1. The Bertz CT molecular complexity index is 869. The third-order valence-corrected chi connectivity index (χ3v) is 4.89. The molecule has 26 heavy (non-hydrogen) atoms. The first-order valence-corrected chi connectivity index (χ1v) is 11.1. The molecule has 0 saturated carbocycles. The summed E-state index contributed by atoms with van der Waals surface area (Å²) in [5, 5.41) is 13.0. The number of β-amino-alcohol motifs (C(OH)–C–C–N with tert-alkyl or cyclic N) is 1. The van der Waals surface area contributed by atoms with Gasteiger partial charge in [-0.25, -0.2) is 9.19 Å². The van der Waals surface area contributed by atoms with Gasteiger partial charge in [0, 0.05) is 48.4 Å². The molecule has 1 atom stereocenters. The zero-order valence-electron chi connectivity index (χ0n) is 15.3. The smallest absolute Gasteiger partial charge is 0.163 e. The van der Waals surface area contributed by atoms with Crippen molar-refractivity contribution in [3.05, 3.63) is 53.6 Å². The van der Waals surface area contributed by atoms with Crippen molar-refractivity contribution in [3.8, 4) is 0 Å². The molecule has 1 aromatic heterocycles. The van der Waals surface area contributed by atoms with E-state index in [2.05, 4.69) is 31.7 Å². The zero-order valence-corrected chi connectivity index (χ0v) is 16.1. The van der Waals surface area contributed by atoms with Crippen molar-refractivity contribution in [2.24, 2.45) is 4.36 Å². The van der Waals surface area contributed by atoms with Crippen molar-refractivity contribution in [1.82, 2.24) is 9.88 Å². The third-order valence-electron chi connectivity index (χ3n) is 4.27. The normalized spacial score (nSPS) is 18.0. The van der Waals surface area contributed by atoms with Crippen LogP contribution in [0.25, 0.3) is 0 Å². The number of hydrogen-bond acceptors (Lipinski definition) is 6. The van der Waals surface area contributed by atoms with Gasteiger partial charge in [0.15, 0.2) is 5.82 Å². The standard InChI is InChI=1S/C19H26N4O2S/c1-26(2,25)22-19-9-5-8-18(21-19)20-12-15-6-3-4-7-16(15)13-23-11-10-17(24)14-23/h3-9,17,24H,10-14H2,1-2H3,(H,20,21). The Morgan fingerprint density at radius 3 is 2.69 bits per heavy atom. The molecule has 1 aromatic carbocycles. The summed E-state index contributed by atoms with van der Waals surface area (Å²) in [6.07, 6.45) is 3.84. The lowest BCUT2D eigenvalue weighted by Crippen LogP contribution is -2.22. The van der Waals surface area contributed by atoms with Crippen LogP contribution in [0.3, 0.4) is 0 Å². The number of aliphatic hydroxyl groups is 1. The average Bonchev–Trinajstić information content (AvgIpc) is 2.98. The number of nitrogens with zero attached hydrogens (tertiary/aromatic N) is 3. The highest BCUT2D eigenvalue weighted by molar-refractivity contribution is 7.92. The molecule has 6 nitrogen and oxygen atoms in total. The summed E-state index contributed by atoms with van der Waals surface area (Å²) in [5.74, 6) is 1.19. The first-order valence-electron chi connectivity index (χ1n) is 8.74. The number of anilines is 1. The van der Waals surface area contributed by atoms with E-state index in [1.807, 2.05) is 24.3 Å². The lowest BCUT2D eigenvalue weighted by molar-refractivity contribution is 0.174. The fourth-order valence-corrected chi connectivity index (χ4v) is 3.62. The van der Waals surface area contributed by atoms with E-state index in [1.54, 1.807) is 18.6 Å². The molecule has 0 amide bonds. The molecule has 1 aliphatic rings. The van der Waals surface area contributed by atoms with Gasteiger partial charge in [0.1, 0.15) is 5.82 Å². The van der Waals surface area contributed by atoms with Gasteiger partial charge in [-0.05, 0) is 29.7 Å². The molecular formula is C19H26N4O2S. The first kappa shape index (κ1) is 18.8. The molecular weight excluding hydrogens is 348 g/mol. The minimum Gasteiger partial charge on any atom is -0.392 e. The molecule has 0 radical (unpaired) electrons. The van der Waals surface area contributed by atoms with Gasteiger partial charge >= 0.3 is 0 Å². The monoisotopic (exact) mass is 374 g/mol. The van der Waals surface area contributed by atoms with Crippen LogP contribution in [0.4, 0.5) is 11.6 Å². The number of nitrogens with one attached hydrogen (secondary N) is 1. The summed E-state index contributed by atoms with van der Waals surface area (Å²) in [4.78, 5) is 6.69. The Labute approximate surface area is 155 Å². The van der Waals surface area contributed by atoms with Crippen LogP contribution in [0, 0.1) is 0 Å². The van der Waals surface area contributed by atoms with Crippen LogP contribution >= 0.6 is 0 Å². The minimum atomic E-state index is -2.23. The van der Waals surface area contributed by atoms with E-state index < -0.39 is 9.73 Å². The molecule has 2 aromatic rings. The highest BCUT2D eigenvalue weighted by atomic mass is 32.2. The predicted octanol–water partition coefficient (Wildman–Crippen LogP) is 2.62. The van der Waals surface area contributed by atoms with Gasteiger partial charge in [0.2, 0.25) is 0 Å². The van der Waals surface area contributed by atoms with Gasteiger partial charge in [-0.3, -0.25) is 4.90 Å². The van der Waals surface area contributed by atoms with Crippen molar-refractivity contribution >= 4 is 21.4 Å². The third kappa shape index (κ3) is 5.52. The van der Waals surface area contributed by atoms with Gasteiger partial charge in [0.25, 0.3) is 0 Å². The van der Waals surface area contributed by atoms with E-state index in [0.29, 0.717) is 18.2 Å². The largest absolute Gasteiger partial charge is 0.392 e. The maximum Gasteiger partial charge on any atom is 0.163 e. The number of hydrogen-bond donors (Lipinski definition) is 2. The highest BCUT2D eigenvalue weighted by Gasteiger charge is 2.20. The van der Waals surface area contributed by atoms with E-state index in [0.717, 1.165) is 26.1 Å². The van der Waals surface area contributed by atoms with Gasteiger partial charge in [-0.15, -0.1) is 0 Å². The molecule has 1 fully saturated rings. The molecule has 140 valence electrons. The van der Waals surface area contributed by atoms with Crippen molar-refractivity contribution < 1.29 is 9.32 Å². The molecule has 1 aliphatic heterocycles. The number of likely N-dealkylation sites (tertiary alicyclic amines) is 1. The summed E-state index contributed by atoms with van der Waals surface area (Å²) in [5.41, 5.74) is 2.45. The second-order valence-corrected chi connectivity index (χ2v) is 9.50. The van der Waals surface area contributed by atoms with Crippen LogP contribution in [0.5, 0.6) is 0 Å². The molecule has 0 bridgehead atoms. The average molecular weight is 375 g/mol. The van der Waals surface area contributed by atoms with Gasteiger partial charge < -0.3 is 10.4 Å². The number of rotatable bonds is 6. The molecule has 3 rings (SSSR count). The Morgan fingerprint density at radius 2 is 2.00 bits per heavy atom. The van der Waals surface area contributed by atoms with E-state index >= 15 is 0 Å². The van der Waals surface area contributed by atoms with E-state index in [-0.39, 0.29) is 6.10 Å². The summed E-state index contributed by atoms with van der Waals surface area (Å²) in [6.45, 7) is 3.16. The van der Waals surface area contributed by atoms with Gasteiger partial charge in [-0.1, -0.05) is 30.3 Å². The molecule has 1 saturated heterocycles. The van der Waals surface area contributed by atoms with E-state index in [9.17, 15) is 9.32 Å². The maximum atomic E-state index is 11.8. The second kappa shape index (κ2) is 8.16. The van der Waals surface area contributed by atoms with E-state index in [1.165, 1.54) is 11.1 Å². The van der Waals surface area contributed by atoms with Gasteiger partial charge in [-0.2, -0.15) is 4.36 Å². The number of pyridine rings is 1. The molecule has 2 N–H and O–H groups in total. The molecule has 2 heterocycles. The van der Waals surface area contributed by atoms with Crippen LogP contribution in [0.2, 0.25) is 0 Å². The minimum absolute atomic E-state index is 0.205. The summed E-state index contributed by atoms with van der Waals surface area (Å²) in [7, 11) is -2.23. The van der Waals surface area contributed by atoms with Crippen LogP contribution in [0.1, 0.15) is 17.5 Å². The highest BCUT2D eigenvalue weighted by Crippen LogP contribution is 2.19. The summed E-state index contributed by atoms with van der Waals surface area (Å²) < 4.78 is 16.0. The molecule has 7 heteroatoms. The van der Waals surface area contributed by atoms with Gasteiger partial charge in [0.05, 0.1) is 6.10 Å². The van der Waals surface area contributed by atoms with Crippen molar-refractivity contribution in [3.63, 3.8) is 0 Å². The Kier molecular flexibility index (Phi) is 5.90. The second-order valence-electron chi connectivity index (χ2n) is 6.95. The fourth-order valence-electron chi connectivity index (χ4n) is 3.06. The van der Waals surface area contributed by atoms with Crippen LogP contribution < -0.4 is 5.32 Å². The van der Waals surface area contributed by atoms with Crippen LogP contribution in [-0.2, 0) is 22.8 Å². The predicted molar refractivity (Wildman–Crippen MR) is 106 cm³/mol. The Hall–Kier alpha value is -1.96. The zero-order chi connectivity index (χ0) is 18.6. The lowest BCUT2D eigenvalue weighted by atomic mass is 10.1. The quantitative estimate of drug-likeness (QED) is 0.813. The Morgan fingerprint density at radius 1 is 1.23 bits per heavy atom. The molecule has 0 aliphatic carbocycles. The number of aliphatic hydroxyl groups excluding tert-OH is 1. The van der Waals surface area contributed by atoms with Crippen LogP contribution in [-0.4, -0.2) is 50.9 Å². The molecule has 0 spiro atoms. The number of aromatic nitrogens is 1. The van der Waals surface area contributed by atoms with Crippen LogP contribution in [0.15, 0.2) is 46.8 Å². The fraction of sp³-hybridized carbons (Fsp3) is 0.421. The first-order chi connectivity index (χ1) is 12.4. The topological polar surface area (TPSA) is 77.8 Å². The van der Waals surface area contributed by atoms with Crippen molar-refractivity contribution in [2.75, 3.05) is 30.9 Å².